The summed E-state index contributed by atoms with van der Waals surface area (Å²) in [6.07, 6.45) is 1.50. The first-order chi connectivity index (χ1) is 13.6. The van der Waals surface area contributed by atoms with Crippen molar-refractivity contribution in [1.82, 2.24) is 10.2 Å². The van der Waals surface area contributed by atoms with Gasteiger partial charge < -0.3 is 10.1 Å². The lowest BCUT2D eigenvalue weighted by Crippen LogP contribution is -2.43. The number of benzene rings is 2. The fourth-order valence-electron chi connectivity index (χ4n) is 3.52. The first-order valence-electron chi connectivity index (χ1n) is 9.47. The molecular weight excluding hydrogens is 376 g/mol. The van der Waals surface area contributed by atoms with Gasteiger partial charge in [0.05, 0.1) is 7.11 Å². The van der Waals surface area contributed by atoms with Gasteiger partial charge in [-0.25, -0.2) is 4.79 Å². The second-order valence-corrected chi connectivity index (χ2v) is 7.42. The van der Waals surface area contributed by atoms with Crippen LogP contribution in [0.3, 0.4) is 0 Å². The number of carbonyl (C=O) groups is 2. The summed E-state index contributed by atoms with van der Waals surface area (Å²) >= 11 is 6.25. The summed E-state index contributed by atoms with van der Waals surface area (Å²) in [5.74, 6) is -0.675. The summed E-state index contributed by atoms with van der Waals surface area (Å²) in [6, 6.07) is 16.2. The number of halogens is 1. The third-order valence-corrected chi connectivity index (χ3v) is 5.54. The molecule has 0 saturated carbocycles. The second kappa shape index (κ2) is 9.71. The molecule has 148 valence electrons. The molecule has 1 saturated heterocycles. The van der Waals surface area contributed by atoms with Gasteiger partial charge in [0, 0.05) is 17.5 Å². The lowest BCUT2D eigenvalue weighted by atomic mass is 9.94. The number of amides is 1. The van der Waals surface area contributed by atoms with Crippen molar-refractivity contribution in [2.75, 3.05) is 20.2 Å². The van der Waals surface area contributed by atoms with Crippen molar-refractivity contribution in [1.29, 1.82) is 0 Å². The van der Waals surface area contributed by atoms with Crippen LogP contribution in [0, 0.1) is 5.92 Å². The first kappa shape index (κ1) is 20.4. The standard InChI is InChI=1S/C22H25ClN2O3/c1-28-22(27)20(16-7-3-2-4-8-16)24-21(26)17-11-13-25(14-12-17)15-18-9-5-6-10-19(18)23/h2-10,17,20H,11-15H2,1H3,(H,24,26). The smallest absolute Gasteiger partial charge is 0.333 e. The fraction of sp³-hybridized carbons (Fsp3) is 0.364. The molecule has 1 heterocycles. The Morgan fingerprint density at radius 3 is 2.39 bits per heavy atom. The van der Waals surface area contributed by atoms with Gasteiger partial charge in [-0.1, -0.05) is 60.1 Å². The van der Waals surface area contributed by atoms with E-state index in [0.29, 0.717) is 0 Å². The van der Waals surface area contributed by atoms with Gasteiger partial charge >= 0.3 is 5.97 Å². The van der Waals surface area contributed by atoms with Gasteiger partial charge in [-0.05, 0) is 43.1 Å². The molecule has 0 bridgehead atoms. The minimum absolute atomic E-state index is 0.100. The molecule has 1 unspecified atom stereocenters. The molecule has 6 heteroatoms. The number of carbonyl (C=O) groups excluding carboxylic acids is 2. The monoisotopic (exact) mass is 400 g/mol. The van der Waals surface area contributed by atoms with E-state index in [1.54, 1.807) is 0 Å². The lowest BCUT2D eigenvalue weighted by molar-refractivity contribution is -0.146. The van der Waals surface area contributed by atoms with Crippen LogP contribution in [0.5, 0.6) is 0 Å². The van der Waals surface area contributed by atoms with E-state index < -0.39 is 12.0 Å². The van der Waals surface area contributed by atoms with Crippen LogP contribution in [0.1, 0.15) is 30.0 Å². The zero-order valence-corrected chi connectivity index (χ0v) is 16.7. The zero-order valence-electron chi connectivity index (χ0n) is 15.9. The van der Waals surface area contributed by atoms with E-state index in [-0.39, 0.29) is 11.8 Å². The molecule has 2 aromatic carbocycles. The molecule has 0 aromatic heterocycles. The van der Waals surface area contributed by atoms with Crippen LogP contribution < -0.4 is 5.32 Å². The number of nitrogens with zero attached hydrogens (tertiary/aromatic N) is 1. The van der Waals surface area contributed by atoms with Gasteiger partial charge in [0.2, 0.25) is 5.91 Å². The molecule has 1 fully saturated rings. The molecule has 3 rings (SSSR count). The Morgan fingerprint density at radius 2 is 1.75 bits per heavy atom. The van der Waals surface area contributed by atoms with E-state index in [1.807, 2.05) is 54.6 Å². The number of rotatable bonds is 6. The first-order valence-corrected chi connectivity index (χ1v) is 9.85. The topological polar surface area (TPSA) is 58.6 Å². The van der Waals surface area contributed by atoms with Crippen LogP contribution in [0.25, 0.3) is 0 Å². The number of esters is 1. The highest BCUT2D eigenvalue weighted by atomic mass is 35.5. The van der Waals surface area contributed by atoms with Crippen LogP contribution in [0.2, 0.25) is 5.02 Å². The van der Waals surface area contributed by atoms with Crippen LogP contribution >= 0.6 is 11.6 Å². The van der Waals surface area contributed by atoms with Gasteiger partial charge in [0.15, 0.2) is 6.04 Å². The summed E-state index contributed by atoms with van der Waals surface area (Å²) < 4.78 is 4.88. The van der Waals surface area contributed by atoms with E-state index in [2.05, 4.69) is 10.2 Å². The summed E-state index contributed by atoms with van der Waals surface area (Å²) in [4.78, 5) is 27.2. The van der Waals surface area contributed by atoms with Crippen molar-refractivity contribution in [3.8, 4) is 0 Å². The van der Waals surface area contributed by atoms with E-state index in [9.17, 15) is 9.59 Å². The average Bonchev–Trinajstić information content (AvgIpc) is 2.74. The fourth-order valence-corrected chi connectivity index (χ4v) is 3.72. The van der Waals surface area contributed by atoms with Crippen LogP contribution in [0.15, 0.2) is 54.6 Å². The van der Waals surface area contributed by atoms with E-state index in [0.717, 1.165) is 48.6 Å². The van der Waals surface area contributed by atoms with Gasteiger partial charge in [-0.2, -0.15) is 0 Å². The number of hydrogen-bond donors (Lipinski definition) is 1. The molecule has 5 nitrogen and oxygen atoms in total. The molecule has 28 heavy (non-hydrogen) atoms. The Hall–Kier alpha value is -2.37. The van der Waals surface area contributed by atoms with Crippen molar-refractivity contribution in [2.24, 2.45) is 5.92 Å². The SMILES string of the molecule is COC(=O)C(NC(=O)C1CCN(Cc2ccccc2Cl)CC1)c1ccccc1. The Labute approximate surface area is 170 Å². The lowest BCUT2D eigenvalue weighted by Gasteiger charge is -2.32. The number of likely N-dealkylation sites (tertiary alicyclic amines) is 1. The number of hydrogen-bond acceptors (Lipinski definition) is 4. The largest absolute Gasteiger partial charge is 0.467 e. The van der Waals surface area contributed by atoms with Gasteiger partial charge in [-0.15, -0.1) is 0 Å². The Bertz CT molecular complexity index is 804. The van der Waals surface area contributed by atoms with Crippen LogP contribution in [-0.2, 0) is 20.9 Å². The molecule has 1 aliphatic heterocycles. The summed E-state index contributed by atoms with van der Waals surface area (Å²) in [5.41, 5.74) is 1.82. The molecular formula is C22H25ClN2O3. The number of ether oxygens (including phenoxy) is 1. The van der Waals surface area contributed by atoms with Crippen molar-refractivity contribution in [3.63, 3.8) is 0 Å². The van der Waals surface area contributed by atoms with Crippen molar-refractivity contribution < 1.29 is 14.3 Å². The maximum atomic E-state index is 12.8. The second-order valence-electron chi connectivity index (χ2n) is 7.02. The normalized spacial score (nSPS) is 16.4. The molecule has 0 radical (unpaired) electrons. The Kier molecular flexibility index (Phi) is 7.06. The summed E-state index contributed by atoms with van der Waals surface area (Å²) in [5, 5.41) is 3.64. The molecule has 2 aromatic rings. The van der Waals surface area contributed by atoms with Gasteiger partial charge in [0.25, 0.3) is 0 Å². The van der Waals surface area contributed by atoms with Crippen LogP contribution in [0.4, 0.5) is 0 Å². The molecule has 1 aliphatic rings. The molecule has 1 N–H and O–H groups in total. The van der Waals surface area contributed by atoms with Crippen molar-refractivity contribution >= 4 is 23.5 Å². The minimum Gasteiger partial charge on any atom is -0.467 e. The van der Waals surface area contributed by atoms with E-state index in [1.165, 1.54) is 7.11 Å². The van der Waals surface area contributed by atoms with Crippen LogP contribution in [-0.4, -0.2) is 37.0 Å². The summed E-state index contributed by atoms with van der Waals surface area (Å²) in [6.45, 7) is 2.41. The Morgan fingerprint density at radius 1 is 1.11 bits per heavy atom. The van der Waals surface area contributed by atoms with E-state index >= 15 is 0 Å². The molecule has 0 spiro atoms. The zero-order chi connectivity index (χ0) is 19.9. The maximum Gasteiger partial charge on any atom is 0.333 e. The third kappa shape index (κ3) is 5.12. The third-order valence-electron chi connectivity index (χ3n) is 5.17. The summed E-state index contributed by atoms with van der Waals surface area (Å²) in [7, 11) is 1.33. The minimum atomic E-state index is -0.778. The highest BCUT2D eigenvalue weighted by molar-refractivity contribution is 6.31. The quantitative estimate of drug-likeness (QED) is 0.753. The van der Waals surface area contributed by atoms with Gasteiger partial charge in [0.1, 0.15) is 0 Å². The van der Waals surface area contributed by atoms with Crippen molar-refractivity contribution in [3.05, 3.63) is 70.7 Å². The highest BCUT2D eigenvalue weighted by Crippen LogP contribution is 2.23. The predicted octanol–water partition coefficient (Wildman–Crippen LogP) is 3.58. The highest BCUT2D eigenvalue weighted by Gasteiger charge is 2.30. The molecule has 1 atom stereocenters. The van der Waals surface area contributed by atoms with Crippen molar-refractivity contribution in [2.45, 2.75) is 25.4 Å². The maximum absolute atomic E-state index is 12.8. The predicted molar refractivity (Wildman–Crippen MR) is 109 cm³/mol. The molecule has 1 amide bonds. The number of nitrogens with one attached hydrogen (secondary N) is 1. The number of piperidine rings is 1. The van der Waals surface area contributed by atoms with E-state index in [4.69, 9.17) is 16.3 Å². The molecule has 0 aliphatic carbocycles. The average molecular weight is 401 g/mol. The van der Waals surface area contributed by atoms with Gasteiger partial charge in [-0.3, -0.25) is 9.69 Å². The number of methoxy groups -OCH3 is 1. The Balaban J connectivity index is 1.57.